The zero-order valence-electron chi connectivity index (χ0n) is 21.9. The number of benzene rings is 2. The summed E-state index contributed by atoms with van der Waals surface area (Å²) in [5.41, 5.74) is 7.74. The first-order valence-electron chi connectivity index (χ1n) is 13.4. The Hall–Kier alpha value is -3.74. The average molecular weight is 495 g/mol. The van der Waals surface area contributed by atoms with Crippen LogP contribution in [0.1, 0.15) is 59.8 Å². The van der Waals surface area contributed by atoms with E-state index in [-0.39, 0.29) is 17.9 Å². The molecule has 2 aliphatic rings. The fourth-order valence-electron chi connectivity index (χ4n) is 6.01. The lowest BCUT2D eigenvalue weighted by molar-refractivity contribution is -0.126. The van der Waals surface area contributed by atoms with Gasteiger partial charge in [0.05, 0.1) is 28.5 Å². The van der Waals surface area contributed by atoms with Crippen molar-refractivity contribution in [2.45, 2.75) is 58.9 Å². The second kappa shape index (κ2) is 9.61. The molecule has 1 N–H and O–H groups in total. The first-order chi connectivity index (χ1) is 18.0. The van der Waals surface area contributed by atoms with Crippen molar-refractivity contribution in [1.29, 1.82) is 0 Å². The molecule has 0 saturated carbocycles. The van der Waals surface area contributed by atoms with Crippen LogP contribution in [0, 0.1) is 26.7 Å². The Bertz CT molecular complexity index is 1450. The summed E-state index contributed by atoms with van der Waals surface area (Å²) in [7, 11) is 0. The maximum atomic E-state index is 13.2. The fourth-order valence-corrected chi connectivity index (χ4v) is 6.01. The van der Waals surface area contributed by atoms with Crippen LogP contribution >= 0.6 is 0 Å². The molecule has 0 spiro atoms. The van der Waals surface area contributed by atoms with E-state index >= 15 is 0 Å². The van der Waals surface area contributed by atoms with Gasteiger partial charge in [0.15, 0.2) is 5.82 Å². The number of carbonyl (C=O) groups excluding carboxylic acids is 1. The number of aromatic nitrogens is 4. The zero-order chi connectivity index (χ0) is 25.5. The molecule has 1 atom stereocenters. The molecule has 6 rings (SSSR count). The Labute approximate surface area is 217 Å². The van der Waals surface area contributed by atoms with Crippen molar-refractivity contribution in [2.24, 2.45) is 5.92 Å². The topological polar surface area (TPSA) is 75.9 Å². The number of hydrogen-bond donors (Lipinski definition) is 1. The van der Waals surface area contributed by atoms with Gasteiger partial charge in [-0.05, 0) is 76.1 Å². The van der Waals surface area contributed by atoms with Crippen molar-refractivity contribution < 1.29 is 4.79 Å². The van der Waals surface area contributed by atoms with E-state index < -0.39 is 0 Å². The summed E-state index contributed by atoms with van der Waals surface area (Å²) in [4.78, 5) is 15.5. The first-order valence-corrected chi connectivity index (χ1v) is 13.4. The van der Waals surface area contributed by atoms with Gasteiger partial charge in [-0.1, -0.05) is 42.0 Å². The van der Waals surface area contributed by atoms with Crippen LogP contribution in [0.3, 0.4) is 0 Å². The minimum Gasteiger partial charge on any atom is -0.353 e. The summed E-state index contributed by atoms with van der Waals surface area (Å²) < 4.78 is 1.99. The zero-order valence-corrected chi connectivity index (χ0v) is 21.9. The van der Waals surface area contributed by atoms with Crippen LogP contribution in [-0.2, 0) is 11.2 Å². The number of aryl methyl sites for hydroxylation is 4. The molecule has 1 aliphatic heterocycles. The van der Waals surface area contributed by atoms with Gasteiger partial charge in [0.25, 0.3) is 0 Å². The quantitative estimate of drug-likeness (QED) is 0.425. The van der Waals surface area contributed by atoms with Gasteiger partial charge in [0.1, 0.15) is 5.52 Å². The molecule has 37 heavy (non-hydrogen) atoms. The summed E-state index contributed by atoms with van der Waals surface area (Å²) in [5, 5.41) is 18.5. The number of nitrogens with one attached hydrogen (secondary N) is 1. The number of carbonyl (C=O) groups is 1. The second-order valence-electron chi connectivity index (χ2n) is 10.6. The number of piperidine rings is 1. The Morgan fingerprint density at radius 1 is 0.946 bits per heavy atom. The van der Waals surface area contributed by atoms with Crippen molar-refractivity contribution >= 4 is 22.6 Å². The van der Waals surface area contributed by atoms with Crippen LogP contribution in [-0.4, -0.2) is 39.0 Å². The van der Waals surface area contributed by atoms with E-state index in [1.54, 1.807) is 0 Å². The molecule has 0 bridgehead atoms. The lowest BCUT2D eigenvalue weighted by Crippen LogP contribution is -2.42. The first kappa shape index (κ1) is 23.6. The van der Waals surface area contributed by atoms with Crippen molar-refractivity contribution in [3.63, 3.8) is 0 Å². The smallest absolute Gasteiger partial charge is 0.223 e. The lowest BCUT2D eigenvalue weighted by atomic mass is 9.87. The molecule has 2 aromatic carbocycles. The van der Waals surface area contributed by atoms with E-state index in [2.05, 4.69) is 82.8 Å². The van der Waals surface area contributed by atoms with E-state index in [9.17, 15) is 4.79 Å². The summed E-state index contributed by atoms with van der Waals surface area (Å²) >= 11 is 0. The standard InChI is InChI=1S/C30H34N6O/c1-19-11-13-24(14-12-19)36-21(3)27-20(2)32-33-29(28(27)34-36)35-17-15-23(16-18-35)30(37)31-26-10-6-8-22-7-4-5-9-25(22)26/h4-5,7,9,11-14,23,26H,6,8,10,15-18H2,1-3H3,(H,31,37)/t26-/m1/s1. The van der Waals surface area contributed by atoms with Crippen LogP contribution in [0.4, 0.5) is 5.82 Å². The molecule has 2 aromatic heterocycles. The number of hydrogen-bond acceptors (Lipinski definition) is 5. The molecule has 190 valence electrons. The van der Waals surface area contributed by atoms with Gasteiger partial charge in [-0.2, -0.15) is 10.2 Å². The molecule has 1 aliphatic carbocycles. The third kappa shape index (κ3) is 4.37. The average Bonchev–Trinajstić information content (AvgIpc) is 3.27. The van der Waals surface area contributed by atoms with E-state index in [0.717, 1.165) is 79.0 Å². The SMILES string of the molecule is Cc1ccc(-n2nc3c(N4CCC(C(=O)N[C@@H]5CCCc6ccccc65)CC4)nnc(C)c3c2C)cc1. The van der Waals surface area contributed by atoms with Gasteiger partial charge in [-0.15, -0.1) is 5.10 Å². The summed E-state index contributed by atoms with van der Waals surface area (Å²) in [6, 6.07) is 17.1. The monoisotopic (exact) mass is 494 g/mol. The number of rotatable bonds is 4. The fraction of sp³-hybridized carbons (Fsp3) is 0.400. The lowest BCUT2D eigenvalue weighted by Gasteiger charge is -2.33. The Kier molecular flexibility index (Phi) is 6.14. The van der Waals surface area contributed by atoms with Crippen LogP contribution in [0.2, 0.25) is 0 Å². The minimum absolute atomic E-state index is 0.0195. The molecular weight excluding hydrogens is 460 g/mol. The van der Waals surface area contributed by atoms with Gasteiger partial charge < -0.3 is 10.2 Å². The van der Waals surface area contributed by atoms with E-state index in [1.807, 2.05) is 11.6 Å². The van der Waals surface area contributed by atoms with Gasteiger partial charge in [0.2, 0.25) is 5.91 Å². The number of nitrogens with zero attached hydrogens (tertiary/aromatic N) is 5. The summed E-state index contributed by atoms with van der Waals surface area (Å²) in [6.45, 7) is 7.70. The van der Waals surface area contributed by atoms with Crippen LogP contribution < -0.4 is 10.2 Å². The van der Waals surface area contributed by atoms with Gasteiger partial charge >= 0.3 is 0 Å². The van der Waals surface area contributed by atoms with Gasteiger partial charge in [0, 0.05) is 19.0 Å². The van der Waals surface area contributed by atoms with Crippen molar-refractivity contribution in [3.8, 4) is 5.69 Å². The highest BCUT2D eigenvalue weighted by Gasteiger charge is 2.30. The molecule has 3 heterocycles. The number of anilines is 1. The van der Waals surface area contributed by atoms with Gasteiger partial charge in [-0.25, -0.2) is 4.68 Å². The van der Waals surface area contributed by atoms with Crippen molar-refractivity contribution in [3.05, 3.63) is 76.6 Å². The molecule has 1 fully saturated rings. The highest BCUT2D eigenvalue weighted by atomic mass is 16.2. The summed E-state index contributed by atoms with van der Waals surface area (Å²) in [5.74, 6) is 1.02. The maximum Gasteiger partial charge on any atom is 0.223 e. The molecule has 1 saturated heterocycles. The molecule has 1 amide bonds. The Morgan fingerprint density at radius 3 is 2.49 bits per heavy atom. The number of amides is 1. The molecule has 0 radical (unpaired) electrons. The molecule has 4 aromatic rings. The molecule has 7 heteroatoms. The van der Waals surface area contributed by atoms with Crippen LogP contribution in [0.15, 0.2) is 48.5 Å². The van der Waals surface area contributed by atoms with E-state index in [0.29, 0.717) is 0 Å². The third-order valence-corrected chi connectivity index (χ3v) is 8.11. The largest absolute Gasteiger partial charge is 0.353 e. The molecule has 7 nitrogen and oxygen atoms in total. The Morgan fingerprint density at radius 2 is 1.70 bits per heavy atom. The van der Waals surface area contributed by atoms with E-state index in [1.165, 1.54) is 16.7 Å². The predicted molar refractivity (Wildman–Crippen MR) is 146 cm³/mol. The molecular formula is C30H34N6O. The van der Waals surface area contributed by atoms with E-state index in [4.69, 9.17) is 5.10 Å². The normalized spacial score (nSPS) is 18.1. The van der Waals surface area contributed by atoms with Crippen molar-refractivity contribution in [1.82, 2.24) is 25.3 Å². The van der Waals surface area contributed by atoms with Crippen LogP contribution in [0.25, 0.3) is 16.6 Å². The second-order valence-corrected chi connectivity index (χ2v) is 10.6. The van der Waals surface area contributed by atoms with Crippen LogP contribution in [0.5, 0.6) is 0 Å². The highest BCUT2D eigenvalue weighted by Crippen LogP contribution is 2.33. The third-order valence-electron chi connectivity index (χ3n) is 8.11. The number of fused-ring (bicyclic) bond motifs is 2. The maximum absolute atomic E-state index is 13.2. The highest BCUT2D eigenvalue weighted by molar-refractivity contribution is 5.92. The Balaban J connectivity index is 1.19. The van der Waals surface area contributed by atoms with Gasteiger partial charge in [-0.3, -0.25) is 4.79 Å². The predicted octanol–water partition coefficient (Wildman–Crippen LogP) is 5.15. The van der Waals surface area contributed by atoms with Crippen molar-refractivity contribution in [2.75, 3.05) is 18.0 Å². The summed E-state index contributed by atoms with van der Waals surface area (Å²) in [6.07, 6.45) is 4.84. The minimum atomic E-state index is 0.0195. The molecule has 0 unspecified atom stereocenters.